The maximum atomic E-state index is 11.7. The summed E-state index contributed by atoms with van der Waals surface area (Å²) in [6.07, 6.45) is 21.7. The summed E-state index contributed by atoms with van der Waals surface area (Å²) in [5.74, 6) is -2.54. The number of carboxylic acids is 2. The zero-order valence-corrected chi connectivity index (χ0v) is 32.6. The Balaban J connectivity index is 0.000000318. The molecule has 0 aromatic rings. The van der Waals surface area contributed by atoms with Gasteiger partial charge in [0.1, 0.15) is 0 Å². The van der Waals surface area contributed by atoms with Gasteiger partial charge in [-0.1, -0.05) is 0 Å². The van der Waals surface area contributed by atoms with Crippen molar-refractivity contribution in [1.82, 2.24) is 0 Å². The van der Waals surface area contributed by atoms with Crippen molar-refractivity contribution in [2.24, 2.45) is 0 Å². The molecule has 0 spiro atoms. The predicted molar refractivity (Wildman–Crippen MR) is 145 cm³/mol. The zero-order chi connectivity index (χ0) is 26.9. The van der Waals surface area contributed by atoms with Crippen LogP contribution in [0.2, 0.25) is 19.3 Å². The van der Waals surface area contributed by atoms with E-state index in [1.165, 1.54) is 0 Å². The Morgan fingerprint density at radius 1 is 0.526 bits per heavy atom. The predicted octanol–water partition coefficient (Wildman–Crippen LogP) is -0.996. The summed E-state index contributed by atoms with van der Waals surface area (Å²) in [6.45, 7) is 0. The maximum Gasteiger partial charge on any atom is 2.00 e. The van der Waals surface area contributed by atoms with Crippen molar-refractivity contribution in [1.29, 1.82) is 0 Å². The fourth-order valence-electron chi connectivity index (χ4n) is 2.26. The van der Waals surface area contributed by atoms with E-state index in [2.05, 4.69) is 0 Å². The molecular weight excluding hydrogens is 948 g/mol. The van der Waals surface area contributed by atoms with Crippen LogP contribution in [0.15, 0.2) is 92.8 Å². The normalized spacial score (nSPS) is 23.6. The molecule has 4 rings (SSSR count). The number of carboxylic acid groups (broad SMARTS) is 2. The van der Waals surface area contributed by atoms with Gasteiger partial charge < -0.3 is 0 Å². The molecule has 4 atom stereocenters. The van der Waals surface area contributed by atoms with Gasteiger partial charge in [-0.3, -0.25) is 0 Å². The third-order valence-electron chi connectivity index (χ3n) is 3.96. The van der Waals surface area contributed by atoms with Crippen molar-refractivity contribution >= 4 is 148 Å². The summed E-state index contributed by atoms with van der Waals surface area (Å²) in [5.41, 5.74) is 0. The first kappa shape index (κ1) is 36.0. The summed E-state index contributed by atoms with van der Waals surface area (Å²) < 4.78 is 10.0. The summed E-state index contributed by atoms with van der Waals surface area (Å²) in [5, 5.41) is 20.3. The Kier molecular flexibility index (Phi) is 20.5. The number of carbonyl (C=O) groups is 4. The Labute approximate surface area is 293 Å². The van der Waals surface area contributed by atoms with Gasteiger partial charge in [-0.25, -0.2) is 0 Å². The SMILES string of the molecule is O=C(O[Se]OC(=O)C1C=CC=C[Se]1)C1C=CC=C[Se]1.O=C([O-])C1C=CC=C[Se]1.O=C([O-])C1C=CC=C[Se]1.[Ba+2]. The van der Waals surface area contributed by atoms with Crippen LogP contribution in [0.1, 0.15) is 0 Å². The third-order valence-corrected chi connectivity index (χ3v) is 13.0. The Morgan fingerprint density at radius 3 is 1.03 bits per heavy atom. The summed E-state index contributed by atoms with van der Waals surface area (Å²) in [7, 11) is 0. The van der Waals surface area contributed by atoms with E-state index in [1.54, 1.807) is 24.3 Å². The van der Waals surface area contributed by atoms with Crippen LogP contribution in [0.25, 0.3) is 0 Å². The van der Waals surface area contributed by atoms with Crippen LogP contribution in [0.4, 0.5) is 0 Å². The fourth-order valence-corrected chi connectivity index (χ4v) is 9.26. The number of hydrogen-bond donors (Lipinski definition) is 0. The second-order valence-electron chi connectivity index (χ2n) is 6.59. The molecular formula is C24H20BaO8Se5. The van der Waals surface area contributed by atoms with Crippen molar-refractivity contribution in [3.63, 3.8) is 0 Å². The van der Waals surface area contributed by atoms with Crippen LogP contribution >= 0.6 is 0 Å². The molecule has 0 N–H and O–H groups in total. The van der Waals surface area contributed by atoms with Crippen molar-refractivity contribution < 1.29 is 37.0 Å². The first-order valence-electron chi connectivity index (χ1n) is 10.3. The second-order valence-corrected chi connectivity index (χ2v) is 16.4. The van der Waals surface area contributed by atoms with E-state index in [1.807, 2.05) is 68.5 Å². The van der Waals surface area contributed by atoms with Gasteiger partial charge in [0.15, 0.2) is 0 Å². The van der Waals surface area contributed by atoms with Crippen molar-refractivity contribution in [3.8, 4) is 0 Å². The smallest absolute Gasteiger partial charge is 2.00 e. The van der Waals surface area contributed by atoms with Gasteiger partial charge in [-0.15, -0.1) is 0 Å². The molecule has 4 aliphatic rings. The molecule has 14 heteroatoms. The molecule has 38 heavy (non-hydrogen) atoms. The molecule has 4 aliphatic heterocycles. The van der Waals surface area contributed by atoms with Crippen molar-refractivity contribution in [2.45, 2.75) is 19.3 Å². The van der Waals surface area contributed by atoms with Gasteiger partial charge in [-0.05, 0) is 0 Å². The van der Waals surface area contributed by atoms with Gasteiger partial charge >= 0.3 is 297 Å². The Bertz CT molecular complexity index is 982. The van der Waals surface area contributed by atoms with Crippen molar-refractivity contribution in [3.05, 3.63) is 92.8 Å². The van der Waals surface area contributed by atoms with E-state index in [9.17, 15) is 29.4 Å². The van der Waals surface area contributed by atoms with Crippen LogP contribution in [0, 0.1) is 0 Å². The van der Waals surface area contributed by atoms with E-state index in [0.717, 1.165) is 0 Å². The molecule has 0 aromatic carbocycles. The number of aliphatic carboxylic acids is 2. The minimum Gasteiger partial charge on any atom is 2.00 e. The molecule has 0 fully saturated rings. The van der Waals surface area contributed by atoms with Crippen LogP contribution in [0.3, 0.4) is 0 Å². The van der Waals surface area contributed by atoms with Crippen LogP contribution in [0.5, 0.6) is 0 Å². The molecule has 8 nitrogen and oxygen atoms in total. The van der Waals surface area contributed by atoms with Crippen molar-refractivity contribution in [2.75, 3.05) is 0 Å². The number of rotatable bonds is 6. The molecule has 0 saturated carbocycles. The average molecular weight is 969 g/mol. The number of carbonyl (C=O) groups excluding carboxylic acids is 4. The minimum atomic E-state index is -0.962. The first-order valence-corrected chi connectivity index (χ1v) is 19.7. The molecule has 0 amide bonds. The monoisotopic (exact) mass is 974 g/mol. The zero-order valence-electron chi connectivity index (χ0n) is 19.6. The van der Waals surface area contributed by atoms with Gasteiger partial charge in [0.25, 0.3) is 0 Å². The third kappa shape index (κ3) is 15.1. The largest absolute Gasteiger partial charge is 2.00 e. The minimum absolute atomic E-state index is 0. The number of allylic oxidation sites excluding steroid dienone is 8. The molecule has 196 valence electrons. The van der Waals surface area contributed by atoms with Gasteiger partial charge in [0.05, 0.1) is 0 Å². The van der Waals surface area contributed by atoms with E-state index in [0.29, 0.717) is 0 Å². The quantitative estimate of drug-likeness (QED) is 0.311. The molecule has 4 heterocycles. The average Bonchev–Trinajstić information content (AvgIpc) is 2.95. The molecule has 4 unspecified atom stereocenters. The molecule has 0 saturated heterocycles. The van der Waals surface area contributed by atoms with Crippen LogP contribution in [-0.4, -0.2) is 148 Å². The molecule has 0 aliphatic carbocycles. The second kappa shape index (κ2) is 21.7. The topological polar surface area (TPSA) is 133 Å². The molecule has 0 radical (unpaired) electrons. The fraction of sp³-hybridized carbons (Fsp3) is 0.167. The standard InChI is InChI=1S/C12H10O4Se3.2C6H6O2Se.Ba/c13-11(9-5-1-3-7-17-9)15-19-16-12(14)10-6-2-4-8-18-10;2*7-6(8)5-3-1-2-4-9-5;/h1-10H;2*1-5H,(H,7,8);/q;;;+2/p-2. The maximum absolute atomic E-state index is 11.7. The Morgan fingerprint density at radius 2 is 0.816 bits per heavy atom. The summed E-state index contributed by atoms with van der Waals surface area (Å²) in [6, 6.07) is 0. The van der Waals surface area contributed by atoms with Gasteiger partial charge in [-0.2, -0.15) is 0 Å². The van der Waals surface area contributed by atoms with E-state index in [4.69, 9.17) is 7.64 Å². The van der Waals surface area contributed by atoms with Gasteiger partial charge in [0, 0.05) is 0 Å². The van der Waals surface area contributed by atoms with Crippen LogP contribution < -0.4 is 10.2 Å². The molecule has 0 bridgehead atoms. The summed E-state index contributed by atoms with van der Waals surface area (Å²) >= 11 is -0.566. The Hall–Kier alpha value is -0.0312. The number of hydrogen-bond acceptors (Lipinski definition) is 8. The van der Waals surface area contributed by atoms with E-state index in [-0.39, 0.29) is 140 Å². The van der Waals surface area contributed by atoms with Crippen LogP contribution in [-0.2, 0) is 26.8 Å². The van der Waals surface area contributed by atoms with Gasteiger partial charge in [0.2, 0.25) is 0 Å². The first-order chi connectivity index (χ1) is 17.9. The summed E-state index contributed by atoms with van der Waals surface area (Å²) in [4.78, 5) is 50.3. The van der Waals surface area contributed by atoms with E-state index >= 15 is 0 Å². The molecule has 0 aromatic heterocycles. The van der Waals surface area contributed by atoms with E-state index < -0.39 is 27.6 Å².